The zero-order valence-electron chi connectivity index (χ0n) is 7.99. The smallest absolute Gasteiger partial charge is 0.224 e. The van der Waals surface area contributed by atoms with Crippen molar-refractivity contribution in [2.24, 2.45) is 11.1 Å². The van der Waals surface area contributed by atoms with Crippen LogP contribution < -0.4 is 10.5 Å². The van der Waals surface area contributed by atoms with E-state index in [1.165, 1.54) is 0 Å². The maximum absolute atomic E-state index is 11.1. The fourth-order valence-electron chi connectivity index (χ4n) is 0.729. The first-order chi connectivity index (χ1) is 6.37. The Morgan fingerprint density at radius 1 is 1.57 bits per heavy atom. The molecule has 0 saturated heterocycles. The molecule has 0 aliphatic rings. The summed E-state index contributed by atoms with van der Waals surface area (Å²) in [4.78, 5) is 11.1. The Balaban J connectivity index is 3.61. The molecule has 0 rings (SSSR count). The molecule has 84 valence electrons. The van der Waals surface area contributed by atoms with Crippen LogP contribution in [0.4, 0.5) is 0 Å². The number of primary sulfonamides is 1. The molecule has 0 bridgehead atoms. The summed E-state index contributed by atoms with van der Waals surface area (Å²) in [6.07, 6.45) is 0.319. The number of alkyl halides is 1. The average molecular weight is 243 g/mol. The number of sulfonamides is 1. The van der Waals surface area contributed by atoms with Crippen molar-refractivity contribution in [2.75, 3.05) is 18.2 Å². The summed E-state index contributed by atoms with van der Waals surface area (Å²) < 4.78 is 21.0. The van der Waals surface area contributed by atoms with Gasteiger partial charge in [0.1, 0.15) is 0 Å². The summed E-state index contributed by atoms with van der Waals surface area (Å²) in [6, 6.07) is 0. The number of carbonyl (C=O) groups is 1. The van der Waals surface area contributed by atoms with Gasteiger partial charge in [-0.2, -0.15) is 0 Å². The molecular formula is C7H15ClN2O3S. The topological polar surface area (TPSA) is 89.3 Å². The second-order valence-corrected chi connectivity index (χ2v) is 5.11. The van der Waals surface area contributed by atoms with E-state index in [2.05, 4.69) is 5.32 Å². The van der Waals surface area contributed by atoms with Crippen molar-refractivity contribution in [3.8, 4) is 0 Å². The van der Waals surface area contributed by atoms with Gasteiger partial charge >= 0.3 is 0 Å². The molecule has 0 aliphatic heterocycles. The molecule has 0 radical (unpaired) electrons. The predicted molar refractivity (Wildman–Crippen MR) is 55.5 cm³/mol. The Bertz CT molecular complexity index is 279. The van der Waals surface area contributed by atoms with Crippen LogP contribution in [0, 0.1) is 5.92 Å². The van der Waals surface area contributed by atoms with Gasteiger partial charge in [0.15, 0.2) is 0 Å². The molecule has 0 aromatic carbocycles. The summed E-state index contributed by atoms with van der Waals surface area (Å²) in [7, 11) is -3.43. The quantitative estimate of drug-likeness (QED) is 0.493. The third kappa shape index (κ3) is 7.11. The first-order valence-corrected chi connectivity index (χ1v) is 6.46. The second kappa shape index (κ2) is 6.21. The molecule has 1 atom stereocenters. The van der Waals surface area contributed by atoms with Crippen molar-refractivity contribution < 1.29 is 13.2 Å². The second-order valence-electron chi connectivity index (χ2n) is 3.07. The third-order valence-electron chi connectivity index (χ3n) is 1.58. The molecule has 0 aromatic heterocycles. The Morgan fingerprint density at radius 2 is 2.14 bits per heavy atom. The Labute approximate surface area is 89.0 Å². The van der Waals surface area contributed by atoms with Crippen LogP contribution in [0.2, 0.25) is 0 Å². The highest BCUT2D eigenvalue weighted by Crippen LogP contribution is 1.97. The van der Waals surface area contributed by atoms with Gasteiger partial charge < -0.3 is 5.32 Å². The van der Waals surface area contributed by atoms with Crippen molar-refractivity contribution >= 4 is 27.5 Å². The number of nitrogens with two attached hydrogens (primary N) is 1. The van der Waals surface area contributed by atoms with Gasteiger partial charge in [0.05, 0.1) is 5.75 Å². The Kier molecular flexibility index (Phi) is 6.06. The van der Waals surface area contributed by atoms with E-state index in [1.807, 2.05) is 0 Å². The van der Waals surface area contributed by atoms with E-state index in [0.29, 0.717) is 13.0 Å². The number of hydrogen-bond donors (Lipinski definition) is 2. The molecule has 0 saturated carbocycles. The molecule has 7 heteroatoms. The molecule has 3 N–H and O–H groups in total. The molecule has 0 aromatic rings. The number of hydrogen-bond acceptors (Lipinski definition) is 3. The van der Waals surface area contributed by atoms with Gasteiger partial charge in [0.2, 0.25) is 15.9 Å². The standard InChI is InChI=1S/C7H15ClN2O3S/c1-6(5-8)7(11)10-3-2-4-14(9,12)13/h6H,2-5H2,1H3,(H,10,11)(H2,9,12,13). The van der Waals surface area contributed by atoms with Crippen LogP contribution in [0.3, 0.4) is 0 Å². The molecule has 5 nitrogen and oxygen atoms in total. The first kappa shape index (κ1) is 13.7. The number of rotatable bonds is 6. The average Bonchev–Trinajstić information content (AvgIpc) is 2.09. The summed E-state index contributed by atoms with van der Waals surface area (Å²) >= 11 is 5.46. The molecule has 0 fully saturated rings. The van der Waals surface area contributed by atoms with Gasteiger partial charge in [0.25, 0.3) is 0 Å². The maximum Gasteiger partial charge on any atom is 0.224 e. The molecule has 14 heavy (non-hydrogen) atoms. The van der Waals surface area contributed by atoms with E-state index in [-0.39, 0.29) is 23.5 Å². The molecule has 0 heterocycles. The predicted octanol–water partition coefficient (Wildman–Crippen LogP) is -0.344. The van der Waals surface area contributed by atoms with Gasteiger partial charge in [-0.3, -0.25) is 4.79 Å². The lowest BCUT2D eigenvalue weighted by atomic mass is 10.2. The molecule has 0 aliphatic carbocycles. The lowest BCUT2D eigenvalue weighted by molar-refractivity contribution is -0.123. The Hall–Kier alpha value is -0.330. The van der Waals surface area contributed by atoms with E-state index in [0.717, 1.165) is 0 Å². The highest BCUT2D eigenvalue weighted by atomic mass is 35.5. The minimum atomic E-state index is -3.43. The monoisotopic (exact) mass is 242 g/mol. The molecular weight excluding hydrogens is 228 g/mol. The molecule has 0 spiro atoms. The van der Waals surface area contributed by atoms with Crippen LogP contribution in [0.15, 0.2) is 0 Å². The highest BCUT2D eigenvalue weighted by molar-refractivity contribution is 7.89. The Morgan fingerprint density at radius 3 is 2.57 bits per heavy atom. The number of nitrogens with one attached hydrogen (secondary N) is 1. The largest absolute Gasteiger partial charge is 0.356 e. The van der Waals surface area contributed by atoms with E-state index in [1.54, 1.807) is 6.92 Å². The lowest BCUT2D eigenvalue weighted by Crippen LogP contribution is -2.32. The van der Waals surface area contributed by atoms with Crippen LogP contribution in [-0.2, 0) is 14.8 Å². The summed E-state index contributed by atoms with van der Waals surface area (Å²) in [5.74, 6) is -0.301. The zero-order valence-corrected chi connectivity index (χ0v) is 9.57. The van der Waals surface area contributed by atoms with Gasteiger partial charge in [-0.05, 0) is 6.42 Å². The summed E-state index contributed by atoms with van der Waals surface area (Å²) in [6.45, 7) is 2.00. The maximum atomic E-state index is 11.1. The van der Waals surface area contributed by atoms with Crippen LogP contribution in [-0.4, -0.2) is 32.5 Å². The van der Waals surface area contributed by atoms with Gasteiger partial charge in [-0.1, -0.05) is 6.92 Å². The zero-order chi connectivity index (χ0) is 11.2. The fourth-order valence-corrected chi connectivity index (χ4v) is 1.42. The van der Waals surface area contributed by atoms with E-state index in [9.17, 15) is 13.2 Å². The van der Waals surface area contributed by atoms with Crippen LogP contribution in [0.25, 0.3) is 0 Å². The van der Waals surface area contributed by atoms with Crippen LogP contribution in [0.1, 0.15) is 13.3 Å². The van der Waals surface area contributed by atoms with Crippen molar-refractivity contribution in [3.05, 3.63) is 0 Å². The number of halogens is 1. The van der Waals surface area contributed by atoms with Crippen molar-refractivity contribution in [1.82, 2.24) is 5.32 Å². The summed E-state index contributed by atoms with van der Waals surface area (Å²) in [5, 5.41) is 7.34. The van der Waals surface area contributed by atoms with E-state index >= 15 is 0 Å². The van der Waals surface area contributed by atoms with Crippen LogP contribution >= 0.6 is 11.6 Å². The SMILES string of the molecule is CC(CCl)C(=O)NCCCS(N)(=O)=O. The van der Waals surface area contributed by atoms with Gasteiger partial charge in [0, 0.05) is 18.3 Å². The van der Waals surface area contributed by atoms with Gasteiger partial charge in [-0.25, -0.2) is 13.6 Å². The van der Waals surface area contributed by atoms with Crippen molar-refractivity contribution in [3.63, 3.8) is 0 Å². The molecule has 1 unspecified atom stereocenters. The number of amides is 1. The van der Waals surface area contributed by atoms with Gasteiger partial charge in [-0.15, -0.1) is 11.6 Å². The lowest BCUT2D eigenvalue weighted by Gasteiger charge is -2.08. The normalized spacial score (nSPS) is 13.6. The third-order valence-corrected chi connectivity index (χ3v) is 2.90. The summed E-state index contributed by atoms with van der Waals surface area (Å²) in [5.41, 5.74) is 0. The molecule has 1 amide bonds. The minimum absolute atomic E-state index is 0.122. The number of carbonyl (C=O) groups excluding carboxylic acids is 1. The first-order valence-electron chi connectivity index (χ1n) is 4.21. The fraction of sp³-hybridized carbons (Fsp3) is 0.857. The minimum Gasteiger partial charge on any atom is -0.356 e. The van der Waals surface area contributed by atoms with Crippen molar-refractivity contribution in [2.45, 2.75) is 13.3 Å². The van der Waals surface area contributed by atoms with Crippen molar-refractivity contribution in [1.29, 1.82) is 0 Å². The van der Waals surface area contributed by atoms with E-state index < -0.39 is 10.0 Å². The van der Waals surface area contributed by atoms with E-state index in [4.69, 9.17) is 16.7 Å². The van der Waals surface area contributed by atoms with Crippen LogP contribution in [0.5, 0.6) is 0 Å². The highest BCUT2D eigenvalue weighted by Gasteiger charge is 2.10.